The number of H-pyrrole nitrogens is 1. The fourth-order valence-electron chi connectivity index (χ4n) is 3.33. The van der Waals surface area contributed by atoms with Gasteiger partial charge in [0.2, 0.25) is 0 Å². The highest BCUT2D eigenvalue weighted by molar-refractivity contribution is 5.81. The van der Waals surface area contributed by atoms with Crippen LogP contribution in [0.5, 0.6) is 0 Å². The van der Waals surface area contributed by atoms with Gasteiger partial charge in [0.25, 0.3) is 0 Å². The quantitative estimate of drug-likeness (QED) is 0.778. The van der Waals surface area contributed by atoms with Crippen LogP contribution in [0.25, 0.3) is 10.9 Å². The highest BCUT2D eigenvalue weighted by Gasteiger charge is 2.19. The molecule has 0 amide bonds. The predicted octanol–water partition coefficient (Wildman–Crippen LogP) is 3.03. The number of nitrogens with zero attached hydrogens (tertiary/aromatic N) is 3. The third kappa shape index (κ3) is 3.35. The van der Waals surface area contributed by atoms with Crippen molar-refractivity contribution in [3.05, 3.63) is 54.5 Å². The molecule has 0 aliphatic carbocycles. The molecule has 1 aromatic carbocycles. The molecule has 1 aliphatic heterocycles. The fraction of sp³-hybridized carbons (Fsp3) is 0.333. The lowest BCUT2D eigenvalue weighted by Gasteiger charge is -2.33. The molecule has 1 aliphatic rings. The summed E-state index contributed by atoms with van der Waals surface area (Å²) in [6, 6.07) is 11.1. The van der Waals surface area contributed by atoms with Crippen molar-refractivity contribution in [2.75, 3.05) is 18.4 Å². The van der Waals surface area contributed by atoms with Gasteiger partial charge >= 0.3 is 0 Å². The molecule has 0 spiro atoms. The first-order valence-electron chi connectivity index (χ1n) is 8.18. The van der Waals surface area contributed by atoms with Crippen molar-refractivity contribution >= 4 is 16.6 Å². The van der Waals surface area contributed by atoms with Gasteiger partial charge in [0, 0.05) is 42.6 Å². The van der Waals surface area contributed by atoms with Gasteiger partial charge in [-0.25, -0.2) is 0 Å². The summed E-state index contributed by atoms with van der Waals surface area (Å²) in [6.45, 7) is 3.24. The molecule has 3 heterocycles. The van der Waals surface area contributed by atoms with Crippen molar-refractivity contribution in [1.82, 2.24) is 20.1 Å². The van der Waals surface area contributed by atoms with Gasteiger partial charge in [-0.2, -0.15) is 5.10 Å². The largest absolute Gasteiger partial charge is 0.381 e. The number of likely N-dealkylation sites (tertiary alicyclic amines) is 1. The van der Waals surface area contributed by atoms with Crippen molar-refractivity contribution in [3.63, 3.8) is 0 Å². The number of anilines is 1. The van der Waals surface area contributed by atoms with Crippen molar-refractivity contribution in [3.8, 4) is 0 Å². The minimum atomic E-state index is 0.495. The topological polar surface area (TPSA) is 56.8 Å². The van der Waals surface area contributed by atoms with Gasteiger partial charge in [0.1, 0.15) is 0 Å². The van der Waals surface area contributed by atoms with E-state index in [1.807, 2.05) is 18.6 Å². The third-order valence-corrected chi connectivity index (χ3v) is 4.47. The third-order valence-electron chi connectivity index (χ3n) is 4.47. The Morgan fingerprint density at radius 2 is 2.13 bits per heavy atom. The number of benzene rings is 1. The number of aromatic nitrogens is 3. The lowest BCUT2D eigenvalue weighted by Crippen LogP contribution is -2.41. The van der Waals surface area contributed by atoms with E-state index < -0.39 is 0 Å². The Morgan fingerprint density at radius 1 is 1.22 bits per heavy atom. The molecule has 3 aromatic rings. The molecule has 23 heavy (non-hydrogen) atoms. The molecule has 2 aromatic heterocycles. The second-order valence-corrected chi connectivity index (χ2v) is 6.25. The van der Waals surface area contributed by atoms with E-state index in [-0.39, 0.29) is 0 Å². The lowest BCUT2D eigenvalue weighted by molar-refractivity contribution is 0.208. The van der Waals surface area contributed by atoms with E-state index in [0.717, 1.165) is 24.0 Å². The van der Waals surface area contributed by atoms with Crippen LogP contribution in [0.1, 0.15) is 18.4 Å². The number of pyridine rings is 1. The summed E-state index contributed by atoms with van der Waals surface area (Å²) < 4.78 is 0. The summed E-state index contributed by atoms with van der Waals surface area (Å²) in [4.78, 5) is 6.61. The number of hydrogen-bond donors (Lipinski definition) is 2. The van der Waals surface area contributed by atoms with Gasteiger partial charge in [0.15, 0.2) is 0 Å². The molecule has 5 heteroatoms. The average Bonchev–Trinajstić information content (AvgIpc) is 3.04. The molecular formula is C18H21N5. The Hall–Kier alpha value is -2.40. The summed E-state index contributed by atoms with van der Waals surface area (Å²) in [6.07, 6.45) is 8.06. The predicted molar refractivity (Wildman–Crippen MR) is 92.3 cm³/mol. The lowest BCUT2D eigenvalue weighted by atomic mass is 10.0. The normalized spacial score (nSPS) is 19.0. The van der Waals surface area contributed by atoms with E-state index in [1.54, 1.807) is 0 Å². The van der Waals surface area contributed by atoms with Crippen LogP contribution in [0.2, 0.25) is 0 Å². The summed E-state index contributed by atoms with van der Waals surface area (Å²) >= 11 is 0. The molecule has 4 rings (SSSR count). The van der Waals surface area contributed by atoms with E-state index in [2.05, 4.69) is 55.7 Å². The monoisotopic (exact) mass is 307 g/mol. The Bertz CT molecular complexity index is 767. The zero-order chi connectivity index (χ0) is 15.5. The first kappa shape index (κ1) is 14.2. The van der Waals surface area contributed by atoms with Gasteiger partial charge in [0.05, 0.1) is 11.7 Å². The fourth-order valence-corrected chi connectivity index (χ4v) is 3.33. The Kier molecular flexibility index (Phi) is 3.94. The summed E-state index contributed by atoms with van der Waals surface area (Å²) in [7, 11) is 0. The molecule has 0 saturated carbocycles. The first-order chi connectivity index (χ1) is 11.4. The SMILES string of the molecule is c1cc(CN2CCC[C@@H](Nc3ccc4[nH]ncc4c3)C2)ccn1. The highest BCUT2D eigenvalue weighted by atomic mass is 15.2. The van der Waals surface area contributed by atoms with E-state index >= 15 is 0 Å². The maximum atomic E-state index is 4.09. The first-order valence-corrected chi connectivity index (χ1v) is 8.18. The smallest absolute Gasteiger partial charge is 0.0651 e. The van der Waals surface area contributed by atoms with Crippen LogP contribution in [-0.2, 0) is 6.54 Å². The molecular weight excluding hydrogens is 286 g/mol. The zero-order valence-corrected chi connectivity index (χ0v) is 13.1. The van der Waals surface area contributed by atoms with Crippen LogP contribution in [0.4, 0.5) is 5.69 Å². The zero-order valence-electron chi connectivity index (χ0n) is 13.1. The van der Waals surface area contributed by atoms with Crippen molar-refractivity contribution < 1.29 is 0 Å². The number of fused-ring (bicyclic) bond motifs is 1. The molecule has 2 N–H and O–H groups in total. The molecule has 0 unspecified atom stereocenters. The van der Waals surface area contributed by atoms with Gasteiger partial charge in [-0.1, -0.05) is 0 Å². The van der Waals surface area contributed by atoms with Crippen molar-refractivity contribution in [2.24, 2.45) is 0 Å². The molecule has 1 atom stereocenters. The number of rotatable bonds is 4. The Morgan fingerprint density at radius 3 is 3.04 bits per heavy atom. The van der Waals surface area contributed by atoms with Crippen LogP contribution in [-0.4, -0.2) is 39.2 Å². The molecule has 1 saturated heterocycles. The Labute approximate surface area is 135 Å². The van der Waals surface area contributed by atoms with Crippen LogP contribution in [0.3, 0.4) is 0 Å². The maximum Gasteiger partial charge on any atom is 0.0651 e. The highest BCUT2D eigenvalue weighted by Crippen LogP contribution is 2.21. The van der Waals surface area contributed by atoms with Gasteiger partial charge in [-0.3, -0.25) is 15.0 Å². The van der Waals surface area contributed by atoms with Crippen LogP contribution >= 0.6 is 0 Å². The minimum absolute atomic E-state index is 0.495. The minimum Gasteiger partial charge on any atom is -0.381 e. The number of hydrogen-bond acceptors (Lipinski definition) is 4. The second kappa shape index (κ2) is 6.38. The second-order valence-electron chi connectivity index (χ2n) is 6.25. The molecule has 5 nitrogen and oxygen atoms in total. The molecule has 0 radical (unpaired) electrons. The van der Waals surface area contributed by atoms with Gasteiger partial charge in [-0.15, -0.1) is 0 Å². The van der Waals surface area contributed by atoms with Gasteiger partial charge < -0.3 is 5.32 Å². The summed E-state index contributed by atoms with van der Waals surface area (Å²) in [5, 5.41) is 11.9. The van der Waals surface area contributed by atoms with E-state index in [4.69, 9.17) is 0 Å². The molecule has 0 bridgehead atoms. The molecule has 118 valence electrons. The standard InChI is InChI=1S/C18H21N5/c1-2-17(13-23(9-1)12-14-5-7-19-8-6-14)21-16-3-4-18-15(10-16)11-20-22-18/h3-8,10-11,17,21H,1-2,9,12-13H2,(H,20,22)/t17-/m1/s1. The van der Waals surface area contributed by atoms with E-state index in [1.165, 1.54) is 30.6 Å². The number of aromatic amines is 1. The molecule has 1 fully saturated rings. The van der Waals surface area contributed by atoms with Gasteiger partial charge in [-0.05, 0) is 55.3 Å². The maximum absolute atomic E-state index is 4.09. The summed E-state index contributed by atoms with van der Waals surface area (Å²) in [5.41, 5.74) is 3.59. The van der Waals surface area contributed by atoms with Crippen molar-refractivity contribution in [1.29, 1.82) is 0 Å². The Balaban J connectivity index is 1.40. The van der Waals surface area contributed by atoms with Crippen LogP contribution in [0, 0.1) is 0 Å². The van der Waals surface area contributed by atoms with E-state index in [9.17, 15) is 0 Å². The average molecular weight is 307 g/mol. The van der Waals surface area contributed by atoms with Crippen LogP contribution < -0.4 is 5.32 Å². The number of piperidine rings is 1. The van der Waals surface area contributed by atoms with Crippen molar-refractivity contribution in [2.45, 2.75) is 25.4 Å². The van der Waals surface area contributed by atoms with E-state index in [0.29, 0.717) is 6.04 Å². The number of nitrogens with one attached hydrogen (secondary N) is 2. The summed E-state index contributed by atoms with van der Waals surface area (Å²) in [5.74, 6) is 0. The van der Waals surface area contributed by atoms with Crippen LogP contribution in [0.15, 0.2) is 48.9 Å².